The van der Waals surface area contributed by atoms with Crippen LogP contribution in [0.4, 0.5) is 0 Å². The van der Waals surface area contributed by atoms with Gasteiger partial charge in [0, 0.05) is 6.54 Å². The molecule has 0 heterocycles. The minimum Gasteiger partial charge on any atom is -0.330 e. The van der Waals surface area contributed by atoms with Crippen LogP contribution in [-0.2, 0) is 10.0 Å². The van der Waals surface area contributed by atoms with Crippen molar-refractivity contribution in [2.45, 2.75) is 37.5 Å². The quantitative estimate of drug-likeness (QED) is 0.759. The topological polar surface area (TPSA) is 72.2 Å². The number of benzene rings is 1. The van der Waals surface area contributed by atoms with Crippen molar-refractivity contribution in [1.29, 1.82) is 0 Å². The van der Waals surface area contributed by atoms with Crippen LogP contribution in [0, 0.1) is 0 Å². The lowest BCUT2D eigenvalue weighted by Gasteiger charge is -2.09. The lowest BCUT2D eigenvalue weighted by molar-refractivity contribution is 0.577. The lowest BCUT2D eigenvalue weighted by atomic mass is 10.0. The smallest absolute Gasteiger partial charge is 0.240 e. The molecule has 110 valence electrons. The first kappa shape index (κ1) is 18.4. The maximum absolute atomic E-state index is 11.9. The first-order valence-electron chi connectivity index (χ1n) is 6.27. The van der Waals surface area contributed by atoms with Gasteiger partial charge in [0.1, 0.15) is 0 Å². The second-order valence-electron chi connectivity index (χ2n) is 4.62. The number of hydrogen-bond acceptors (Lipinski definition) is 3. The molecule has 4 nitrogen and oxygen atoms in total. The fourth-order valence-electron chi connectivity index (χ4n) is 1.59. The summed E-state index contributed by atoms with van der Waals surface area (Å²) in [5.74, 6) is 0.402. The van der Waals surface area contributed by atoms with E-state index in [1.54, 1.807) is 12.1 Å². The Morgan fingerprint density at radius 3 is 2.21 bits per heavy atom. The summed E-state index contributed by atoms with van der Waals surface area (Å²) < 4.78 is 26.4. The van der Waals surface area contributed by atoms with Crippen molar-refractivity contribution >= 4 is 22.4 Å². The summed E-state index contributed by atoms with van der Waals surface area (Å²) >= 11 is 0. The fourth-order valence-corrected chi connectivity index (χ4v) is 2.67. The average Bonchev–Trinajstić information content (AvgIpc) is 2.35. The highest BCUT2D eigenvalue weighted by atomic mass is 35.5. The molecule has 1 aromatic rings. The van der Waals surface area contributed by atoms with Crippen LogP contribution in [0.5, 0.6) is 0 Å². The molecule has 0 unspecified atom stereocenters. The molecule has 0 aromatic heterocycles. The van der Waals surface area contributed by atoms with Crippen LogP contribution < -0.4 is 10.5 Å². The van der Waals surface area contributed by atoms with E-state index in [4.69, 9.17) is 5.73 Å². The third-order valence-electron chi connectivity index (χ3n) is 2.78. The standard InChI is InChI=1S/C13H22N2O2S.ClH/c1-11(2)12-5-7-13(8-6-12)18(16,17)15-10-4-3-9-14;/h5-8,11,15H,3-4,9-10,14H2,1-2H3;1H. The van der Waals surface area contributed by atoms with Crippen LogP contribution in [0.15, 0.2) is 29.2 Å². The van der Waals surface area contributed by atoms with E-state index in [2.05, 4.69) is 18.6 Å². The molecule has 6 heteroatoms. The van der Waals surface area contributed by atoms with Crippen LogP contribution in [-0.4, -0.2) is 21.5 Å². The van der Waals surface area contributed by atoms with Crippen molar-refractivity contribution in [3.8, 4) is 0 Å². The van der Waals surface area contributed by atoms with Crippen molar-refractivity contribution in [1.82, 2.24) is 4.72 Å². The van der Waals surface area contributed by atoms with E-state index in [1.165, 1.54) is 0 Å². The minimum atomic E-state index is -3.37. The molecular formula is C13H23ClN2O2S. The number of halogens is 1. The Morgan fingerprint density at radius 1 is 1.16 bits per heavy atom. The maximum Gasteiger partial charge on any atom is 0.240 e. The van der Waals surface area contributed by atoms with Gasteiger partial charge in [0.15, 0.2) is 0 Å². The van der Waals surface area contributed by atoms with E-state index in [9.17, 15) is 8.42 Å². The van der Waals surface area contributed by atoms with E-state index >= 15 is 0 Å². The van der Waals surface area contributed by atoms with Gasteiger partial charge in [0.25, 0.3) is 0 Å². The number of hydrogen-bond donors (Lipinski definition) is 2. The van der Waals surface area contributed by atoms with E-state index < -0.39 is 10.0 Å². The van der Waals surface area contributed by atoms with E-state index in [0.29, 0.717) is 23.9 Å². The fraction of sp³-hybridized carbons (Fsp3) is 0.538. The zero-order chi connectivity index (χ0) is 13.6. The van der Waals surface area contributed by atoms with Gasteiger partial charge < -0.3 is 5.73 Å². The first-order chi connectivity index (χ1) is 8.47. The van der Waals surface area contributed by atoms with Gasteiger partial charge in [0.2, 0.25) is 10.0 Å². The Labute approximate surface area is 122 Å². The van der Waals surface area contributed by atoms with E-state index in [-0.39, 0.29) is 12.4 Å². The SMILES string of the molecule is CC(C)c1ccc(S(=O)(=O)NCCCCN)cc1.Cl. The Morgan fingerprint density at radius 2 is 1.74 bits per heavy atom. The average molecular weight is 307 g/mol. The van der Waals surface area contributed by atoms with Crippen molar-refractivity contribution in [2.24, 2.45) is 5.73 Å². The molecule has 0 radical (unpaired) electrons. The number of unbranched alkanes of at least 4 members (excludes halogenated alkanes) is 1. The van der Waals surface area contributed by atoms with Gasteiger partial charge in [-0.3, -0.25) is 0 Å². The molecule has 0 fully saturated rings. The largest absolute Gasteiger partial charge is 0.330 e. The molecule has 1 rings (SSSR count). The highest BCUT2D eigenvalue weighted by Gasteiger charge is 2.13. The van der Waals surface area contributed by atoms with Crippen LogP contribution in [0.25, 0.3) is 0 Å². The van der Waals surface area contributed by atoms with Gasteiger partial charge in [-0.25, -0.2) is 13.1 Å². The highest BCUT2D eigenvalue weighted by molar-refractivity contribution is 7.89. The maximum atomic E-state index is 11.9. The Hall–Kier alpha value is -0.620. The molecule has 3 N–H and O–H groups in total. The molecule has 0 saturated carbocycles. The summed E-state index contributed by atoms with van der Waals surface area (Å²) in [4.78, 5) is 0.319. The molecule has 1 aromatic carbocycles. The molecule has 0 aliphatic rings. The zero-order valence-electron chi connectivity index (χ0n) is 11.4. The number of nitrogens with one attached hydrogen (secondary N) is 1. The second-order valence-corrected chi connectivity index (χ2v) is 6.38. The number of sulfonamides is 1. The Bertz CT molecular complexity index is 458. The van der Waals surface area contributed by atoms with Crippen LogP contribution in [0.1, 0.15) is 38.2 Å². The van der Waals surface area contributed by atoms with Crippen LogP contribution in [0.3, 0.4) is 0 Å². The summed E-state index contributed by atoms with van der Waals surface area (Å²) in [6.07, 6.45) is 1.59. The summed E-state index contributed by atoms with van der Waals surface area (Å²) in [7, 11) is -3.37. The molecule has 19 heavy (non-hydrogen) atoms. The highest BCUT2D eigenvalue weighted by Crippen LogP contribution is 2.17. The molecule has 0 amide bonds. The van der Waals surface area contributed by atoms with Gasteiger partial charge in [-0.15, -0.1) is 12.4 Å². The molecule has 0 spiro atoms. The van der Waals surface area contributed by atoms with Crippen LogP contribution in [0.2, 0.25) is 0 Å². The molecule has 0 aliphatic heterocycles. The van der Waals surface area contributed by atoms with E-state index in [1.807, 2.05) is 12.1 Å². The predicted molar refractivity (Wildman–Crippen MR) is 81.3 cm³/mol. The van der Waals surface area contributed by atoms with Crippen molar-refractivity contribution < 1.29 is 8.42 Å². The van der Waals surface area contributed by atoms with Gasteiger partial charge in [-0.05, 0) is 43.0 Å². The molecular weight excluding hydrogens is 284 g/mol. The van der Waals surface area contributed by atoms with Gasteiger partial charge in [-0.1, -0.05) is 26.0 Å². The zero-order valence-corrected chi connectivity index (χ0v) is 13.1. The molecule has 0 aliphatic carbocycles. The summed E-state index contributed by atoms with van der Waals surface area (Å²) in [5, 5.41) is 0. The van der Waals surface area contributed by atoms with Crippen molar-refractivity contribution in [2.75, 3.05) is 13.1 Å². The van der Waals surface area contributed by atoms with Crippen LogP contribution >= 0.6 is 12.4 Å². The minimum absolute atomic E-state index is 0. The monoisotopic (exact) mass is 306 g/mol. The molecule has 0 atom stereocenters. The third kappa shape index (κ3) is 5.91. The second kappa shape index (κ2) is 8.53. The summed E-state index contributed by atoms with van der Waals surface area (Å²) in [6, 6.07) is 7.03. The van der Waals surface area contributed by atoms with Crippen molar-refractivity contribution in [3.63, 3.8) is 0 Å². The molecule has 0 bridgehead atoms. The molecule has 0 saturated heterocycles. The third-order valence-corrected chi connectivity index (χ3v) is 4.26. The predicted octanol–water partition coefficient (Wildman–Crippen LogP) is 2.25. The van der Waals surface area contributed by atoms with Gasteiger partial charge >= 0.3 is 0 Å². The van der Waals surface area contributed by atoms with E-state index in [0.717, 1.165) is 18.4 Å². The number of nitrogens with two attached hydrogens (primary N) is 1. The normalized spacial score (nSPS) is 11.4. The van der Waals surface area contributed by atoms with Gasteiger partial charge in [0.05, 0.1) is 4.90 Å². The number of rotatable bonds is 7. The lowest BCUT2D eigenvalue weighted by Crippen LogP contribution is -2.25. The Balaban J connectivity index is 0.00000324. The van der Waals surface area contributed by atoms with Gasteiger partial charge in [-0.2, -0.15) is 0 Å². The first-order valence-corrected chi connectivity index (χ1v) is 7.75. The Kier molecular flexibility index (Phi) is 8.25. The van der Waals surface area contributed by atoms with Crippen molar-refractivity contribution in [3.05, 3.63) is 29.8 Å². The summed E-state index contributed by atoms with van der Waals surface area (Å²) in [6.45, 7) is 5.18. The summed E-state index contributed by atoms with van der Waals surface area (Å²) in [5.41, 5.74) is 6.49.